The first-order valence-corrected chi connectivity index (χ1v) is 22.8. The van der Waals surface area contributed by atoms with Gasteiger partial charge in [-0.15, -0.1) is 0 Å². The van der Waals surface area contributed by atoms with Crippen molar-refractivity contribution in [1.29, 1.82) is 0 Å². The van der Waals surface area contributed by atoms with Crippen molar-refractivity contribution in [2.45, 2.75) is 206 Å². The third-order valence-electron chi connectivity index (χ3n) is 9.11. The lowest BCUT2D eigenvalue weighted by Gasteiger charge is -2.20. The van der Waals surface area contributed by atoms with Crippen molar-refractivity contribution in [2.75, 3.05) is 33.0 Å². The highest BCUT2D eigenvalue weighted by Gasteiger charge is 2.26. The lowest BCUT2D eigenvalue weighted by atomic mass is 10.1. The topological polar surface area (TPSA) is 132 Å². The minimum atomic E-state index is -4.51. The Labute approximate surface area is 319 Å². The zero-order chi connectivity index (χ0) is 38.2. The third-order valence-corrected chi connectivity index (χ3v) is 10.1. The first-order valence-electron chi connectivity index (χ1n) is 21.3. The fraction of sp³-hybridized carbons (Fsp3) is 0.881. The van der Waals surface area contributed by atoms with Crippen LogP contribution in [0.15, 0.2) is 24.3 Å². The second-order valence-corrected chi connectivity index (χ2v) is 15.8. The Kier molecular flexibility index (Phi) is 38.8. The molecule has 10 heteroatoms. The van der Waals surface area contributed by atoms with Crippen molar-refractivity contribution in [2.24, 2.45) is 0 Å². The molecule has 0 aromatic rings. The van der Waals surface area contributed by atoms with E-state index in [1.807, 2.05) is 0 Å². The molecular formula is C42H81O9P. The number of esters is 1. The summed E-state index contributed by atoms with van der Waals surface area (Å²) in [5.74, 6) is -0.392. The highest BCUT2D eigenvalue weighted by atomic mass is 31.2. The number of hydrogen-bond acceptors (Lipinski definition) is 8. The Balaban J connectivity index is 4.14. The number of rotatable bonds is 41. The molecule has 0 spiro atoms. The molecule has 52 heavy (non-hydrogen) atoms. The molecule has 0 heterocycles. The van der Waals surface area contributed by atoms with Gasteiger partial charge in [-0.2, -0.15) is 0 Å². The highest BCUT2D eigenvalue weighted by Crippen LogP contribution is 2.43. The summed E-state index contributed by atoms with van der Waals surface area (Å²) in [5.41, 5.74) is 0. The number of carbonyl (C=O) groups is 1. The van der Waals surface area contributed by atoms with E-state index < -0.39 is 39.2 Å². The summed E-state index contributed by atoms with van der Waals surface area (Å²) in [5, 5.41) is 18.3. The van der Waals surface area contributed by atoms with Crippen LogP contribution in [0.1, 0.15) is 194 Å². The zero-order valence-electron chi connectivity index (χ0n) is 33.5. The summed E-state index contributed by atoms with van der Waals surface area (Å²) in [6.45, 7) is 3.49. The van der Waals surface area contributed by atoms with E-state index in [9.17, 15) is 19.4 Å². The number of carbonyl (C=O) groups excluding carboxylic acids is 1. The second-order valence-electron chi connectivity index (χ2n) is 14.4. The number of hydrogen-bond donors (Lipinski definition) is 3. The standard InChI is InChI=1S/C42H81O9P/c1-3-5-7-9-11-13-15-17-18-19-20-21-22-23-25-27-29-31-33-35-48-38-41(39-50-52(46,47)49-37-40(44)36-43)51-42(45)34-32-30-28-26-24-16-14-12-10-8-6-4-2/h12,14,18-19,40-41,43-44H,3-11,13,15-17,20-39H2,1-2H3,(H,46,47)/b14-12-,19-18-. The van der Waals surface area contributed by atoms with Gasteiger partial charge in [0.05, 0.1) is 26.4 Å². The van der Waals surface area contributed by atoms with Crippen molar-refractivity contribution < 1.29 is 43.0 Å². The number of aliphatic hydroxyl groups is 2. The van der Waals surface area contributed by atoms with Gasteiger partial charge in [-0.25, -0.2) is 4.57 Å². The third kappa shape index (κ3) is 38.7. The van der Waals surface area contributed by atoms with Crippen LogP contribution < -0.4 is 0 Å². The highest BCUT2D eigenvalue weighted by molar-refractivity contribution is 7.47. The Morgan fingerprint density at radius 2 is 0.981 bits per heavy atom. The molecule has 0 amide bonds. The van der Waals surface area contributed by atoms with E-state index in [0.29, 0.717) is 6.61 Å². The van der Waals surface area contributed by atoms with Crippen molar-refractivity contribution >= 4 is 13.8 Å². The second kappa shape index (κ2) is 39.6. The van der Waals surface area contributed by atoms with Crippen LogP contribution in [0.3, 0.4) is 0 Å². The van der Waals surface area contributed by atoms with Gasteiger partial charge in [0.25, 0.3) is 0 Å². The van der Waals surface area contributed by atoms with Gasteiger partial charge in [0.15, 0.2) is 0 Å². The zero-order valence-corrected chi connectivity index (χ0v) is 34.4. The molecule has 0 rings (SSSR count). The lowest BCUT2D eigenvalue weighted by molar-refractivity contribution is -0.154. The van der Waals surface area contributed by atoms with E-state index in [-0.39, 0.29) is 19.6 Å². The molecular weight excluding hydrogens is 679 g/mol. The largest absolute Gasteiger partial charge is 0.472 e. The maximum Gasteiger partial charge on any atom is 0.472 e. The summed E-state index contributed by atoms with van der Waals surface area (Å²) in [4.78, 5) is 22.5. The summed E-state index contributed by atoms with van der Waals surface area (Å²) in [7, 11) is -4.51. The molecule has 0 aliphatic heterocycles. The van der Waals surface area contributed by atoms with Crippen LogP contribution >= 0.6 is 7.82 Å². The van der Waals surface area contributed by atoms with Gasteiger partial charge in [-0.3, -0.25) is 13.8 Å². The first-order chi connectivity index (χ1) is 25.3. The van der Waals surface area contributed by atoms with Crippen molar-refractivity contribution in [3.63, 3.8) is 0 Å². The van der Waals surface area contributed by atoms with E-state index in [0.717, 1.165) is 57.8 Å². The van der Waals surface area contributed by atoms with E-state index in [1.165, 1.54) is 116 Å². The monoisotopic (exact) mass is 761 g/mol. The number of aliphatic hydroxyl groups excluding tert-OH is 2. The molecule has 0 radical (unpaired) electrons. The van der Waals surface area contributed by atoms with Crippen molar-refractivity contribution in [3.8, 4) is 0 Å². The Hall–Kier alpha value is -1.06. The minimum absolute atomic E-state index is 0.0461. The van der Waals surface area contributed by atoms with E-state index in [2.05, 4.69) is 38.2 Å². The first kappa shape index (κ1) is 50.9. The van der Waals surface area contributed by atoms with Gasteiger partial charge in [0, 0.05) is 13.0 Å². The van der Waals surface area contributed by atoms with E-state index in [4.69, 9.17) is 23.6 Å². The molecule has 0 aliphatic rings. The molecule has 0 saturated carbocycles. The molecule has 0 aromatic heterocycles. The van der Waals surface area contributed by atoms with Crippen LogP contribution in [0, 0.1) is 0 Å². The van der Waals surface area contributed by atoms with Crippen LogP contribution in [0.25, 0.3) is 0 Å². The Morgan fingerprint density at radius 1 is 0.577 bits per heavy atom. The maximum atomic E-state index is 12.6. The number of phosphoric ester groups is 1. The summed E-state index contributed by atoms with van der Waals surface area (Å²) >= 11 is 0. The smallest absolute Gasteiger partial charge is 0.457 e. The maximum absolute atomic E-state index is 12.6. The molecule has 0 bridgehead atoms. The molecule has 3 unspecified atom stereocenters. The molecule has 0 fully saturated rings. The molecule has 3 atom stereocenters. The van der Waals surface area contributed by atoms with E-state index >= 15 is 0 Å². The Bertz CT molecular complexity index is 866. The van der Waals surface area contributed by atoms with Gasteiger partial charge in [-0.1, -0.05) is 147 Å². The molecule has 308 valence electrons. The predicted octanol–water partition coefficient (Wildman–Crippen LogP) is 11.5. The van der Waals surface area contributed by atoms with Crippen molar-refractivity contribution in [3.05, 3.63) is 24.3 Å². The summed E-state index contributed by atoms with van der Waals surface area (Å²) in [6, 6.07) is 0. The van der Waals surface area contributed by atoms with Gasteiger partial charge < -0.3 is 24.6 Å². The Morgan fingerprint density at radius 3 is 1.48 bits per heavy atom. The van der Waals surface area contributed by atoms with Gasteiger partial charge in [0.2, 0.25) is 0 Å². The van der Waals surface area contributed by atoms with Crippen LogP contribution in [-0.2, 0) is 27.9 Å². The van der Waals surface area contributed by atoms with Crippen molar-refractivity contribution in [1.82, 2.24) is 0 Å². The van der Waals surface area contributed by atoms with E-state index in [1.54, 1.807) is 0 Å². The number of unbranched alkanes of at least 4 members (excludes halogenated alkanes) is 23. The van der Waals surface area contributed by atoms with Crippen LogP contribution in [0.5, 0.6) is 0 Å². The molecule has 9 nitrogen and oxygen atoms in total. The number of phosphoric acid groups is 1. The van der Waals surface area contributed by atoms with Gasteiger partial charge in [0.1, 0.15) is 12.2 Å². The molecule has 0 aromatic carbocycles. The number of allylic oxidation sites excluding steroid dienone is 4. The SMILES string of the molecule is CCCCC/C=C\CCCCCCCC(=O)OC(COCCCCCCCCCC/C=C\CCCCCCCCC)COP(=O)(O)OCC(O)CO. The predicted molar refractivity (Wildman–Crippen MR) is 214 cm³/mol. The fourth-order valence-electron chi connectivity index (χ4n) is 5.81. The van der Waals surface area contributed by atoms with Crippen LogP contribution in [0.2, 0.25) is 0 Å². The van der Waals surface area contributed by atoms with Gasteiger partial charge in [-0.05, 0) is 64.2 Å². The normalized spacial score (nSPS) is 14.3. The van der Waals surface area contributed by atoms with Crippen LogP contribution in [-0.4, -0.2) is 66.3 Å². The summed E-state index contributed by atoms with van der Waals surface area (Å²) in [6.07, 6.45) is 39.9. The average molecular weight is 761 g/mol. The van der Waals surface area contributed by atoms with Crippen LogP contribution in [0.4, 0.5) is 0 Å². The average Bonchev–Trinajstić information content (AvgIpc) is 3.13. The molecule has 0 saturated heterocycles. The quantitative estimate of drug-likeness (QED) is 0.0241. The molecule has 0 aliphatic carbocycles. The minimum Gasteiger partial charge on any atom is -0.457 e. The number of ether oxygens (including phenoxy) is 2. The molecule has 3 N–H and O–H groups in total. The van der Waals surface area contributed by atoms with Gasteiger partial charge >= 0.3 is 13.8 Å². The lowest BCUT2D eigenvalue weighted by Crippen LogP contribution is -2.29. The fourth-order valence-corrected chi connectivity index (χ4v) is 6.60. The summed E-state index contributed by atoms with van der Waals surface area (Å²) < 4.78 is 33.3.